The minimum absolute atomic E-state index is 0.0994. The average molecular weight is 494 g/mol. The Hall–Kier alpha value is -2.58. The van der Waals surface area contributed by atoms with E-state index in [0.29, 0.717) is 35.8 Å². The van der Waals surface area contributed by atoms with Crippen molar-refractivity contribution in [3.8, 4) is 0 Å². The number of carbonyl (C=O) groups is 2. The molecule has 9 heteroatoms. The van der Waals surface area contributed by atoms with E-state index in [2.05, 4.69) is 5.32 Å². The molecule has 0 saturated heterocycles. The molecule has 0 spiro atoms. The molecule has 0 aliphatic rings. The Morgan fingerprint density at radius 1 is 1.09 bits per heavy atom. The molecule has 0 bridgehead atoms. The van der Waals surface area contributed by atoms with Gasteiger partial charge in [0.2, 0.25) is 21.8 Å². The van der Waals surface area contributed by atoms with Crippen molar-refractivity contribution in [3.63, 3.8) is 0 Å². The number of hydrogen-bond acceptors (Lipinski definition) is 4. The van der Waals surface area contributed by atoms with E-state index in [1.54, 1.807) is 32.0 Å². The number of likely N-dealkylation sites (N-methyl/N-ethyl adjacent to an activating group) is 1. The summed E-state index contributed by atoms with van der Waals surface area (Å²) >= 11 is 6.18. The van der Waals surface area contributed by atoms with Gasteiger partial charge in [-0.1, -0.05) is 48.0 Å². The van der Waals surface area contributed by atoms with Crippen molar-refractivity contribution in [2.45, 2.75) is 46.2 Å². The van der Waals surface area contributed by atoms with Crippen LogP contribution in [0.3, 0.4) is 0 Å². The summed E-state index contributed by atoms with van der Waals surface area (Å²) in [6.45, 7) is 6.17. The normalized spacial score (nSPS) is 12.2. The van der Waals surface area contributed by atoms with Gasteiger partial charge in [-0.3, -0.25) is 13.9 Å². The van der Waals surface area contributed by atoms with Gasteiger partial charge >= 0.3 is 0 Å². The van der Waals surface area contributed by atoms with Crippen LogP contribution in [0, 0.1) is 6.92 Å². The molecule has 0 aliphatic carbocycles. The standard InChI is InChI=1S/C24H32ClN3O4S/c1-5-26-24(30)19(3)27(17-20-11-7-6-8-12-20)23(29)15-10-16-28(33(4,31)32)22-14-9-13-21(25)18(22)2/h6-9,11-14,19H,5,10,15-17H2,1-4H3,(H,26,30). The average Bonchev–Trinajstić information content (AvgIpc) is 2.77. The van der Waals surface area contributed by atoms with Crippen LogP contribution in [0.1, 0.15) is 37.8 Å². The zero-order valence-electron chi connectivity index (χ0n) is 19.5. The molecule has 2 aromatic rings. The molecule has 0 heterocycles. The van der Waals surface area contributed by atoms with E-state index < -0.39 is 16.1 Å². The number of amides is 2. The fourth-order valence-electron chi connectivity index (χ4n) is 3.53. The Labute approximate surface area is 201 Å². The van der Waals surface area contributed by atoms with Gasteiger partial charge in [-0.2, -0.15) is 0 Å². The lowest BCUT2D eigenvalue weighted by Gasteiger charge is -2.29. The molecule has 1 unspecified atom stereocenters. The molecular formula is C24H32ClN3O4S. The predicted octanol–water partition coefficient (Wildman–Crippen LogP) is 3.75. The summed E-state index contributed by atoms with van der Waals surface area (Å²) in [6.07, 6.45) is 1.53. The summed E-state index contributed by atoms with van der Waals surface area (Å²) in [5.41, 5.74) is 2.06. The number of benzene rings is 2. The molecule has 0 radical (unpaired) electrons. The minimum Gasteiger partial charge on any atom is -0.355 e. The smallest absolute Gasteiger partial charge is 0.242 e. The second-order valence-corrected chi connectivity index (χ2v) is 10.2. The van der Waals surface area contributed by atoms with Crippen LogP contribution in [0.4, 0.5) is 5.69 Å². The molecule has 0 saturated carbocycles. The largest absolute Gasteiger partial charge is 0.355 e. The van der Waals surface area contributed by atoms with Crippen molar-refractivity contribution < 1.29 is 18.0 Å². The van der Waals surface area contributed by atoms with Gasteiger partial charge in [-0.25, -0.2) is 8.42 Å². The minimum atomic E-state index is -3.58. The van der Waals surface area contributed by atoms with E-state index >= 15 is 0 Å². The summed E-state index contributed by atoms with van der Waals surface area (Å²) in [5, 5.41) is 3.23. The van der Waals surface area contributed by atoms with E-state index in [1.165, 1.54) is 9.21 Å². The predicted molar refractivity (Wildman–Crippen MR) is 133 cm³/mol. The Morgan fingerprint density at radius 3 is 2.36 bits per heavy atom. The van der Waals surface area contributed by atoms with Crippen LogP contribution in [0.25, 0.3) is 0 Å². The molecule has 0 aliphatic heterocycles. The van der Waals surface area contributed by atoms with Crippen molar-refractivity contribution in [1.82, 2.24) is 10.2 Å². The molecule has 2 aromatic carbocycles. The molecule has 1 atom stereocenters. The third-order valence-corrected chi connectivity index (χ3v) is 6.96. The summed E-state index contributed by atoms with van der Waals surface area (Å²) in [5.74, 6) is -0.442. The van der Waals surface area contributed by atoms with Crippen LogP contribution in [0.15, 0.2) is 48.5 Å². The van der Waals surface area contributed by atoms with Crippen LogP contribution in [-0.4, -0.2) is 50.5 Å². The van der Waals surface area contributed by atoms with Crippen molar-refractivity contribution >= 4 is 39.1 Å². The highest BCUT2D eigenvalue weighted by Gasteiger charge is 2.26. The SMILES string of the molecule is CCNC(=O)C(C)N(Cc1ccccc1)C(=O)CCCN(c1cccc(Cl)c1C)S(C)(=O)=O. The molecule has 33 heavy (non-hydrogen) atoms. The molecule has 180 valence electrons. The highest BCUT2D eigenvalue weighted by atomic mass is 35.5. The Kier molecular flexibility index (Phi) is 9.73. The summed E-state index contributed by atoms with van der Waals surface area (Å²) in [6, 6.07) is 13.9. The Balaban J connectivity index is 2.17. The molecule has 7 nitrogen and oxygen atoms in total. The maximum atomic E-state index is 13.1. The maximum Gasteiger partial charge on any atom is 0.242 e. The third kappa shape index (κ3) is 7.47. The fraction of sp³-hybridized carbons (Fsp3) is 0.417. The number of hydrogen-bond donors (Lipinski definition) is 1. The number of anilines is 1. The van der Waals surface area contributed by atoms with Crippen molar-refractivity contribution in [2.75, 3.05) is 23.7 Å². The molecule has 0 fully saturated rings. The summed E-state index contributed by atoms with van der Waals surface area (Å²) in [7, 11) is -3.58. The van der Waals surface area contributed by atoms with Crippen LogP contribution in [0.2, 0.25) is 5.02 Å². The Bertz CT molecular complexity index is 1060. The number of sulfonamides is 1. The van der Waals surface area contributed by atoms with E-state index in [0.717, 1.165) is 11.8 Å². The van der Waals surface area contributed by atoms with Gasteiger partial charge in [0.05, 0.1) is 11.9 Å². The number of rotatable bonds is 11. The zero-order valence-corrected chi connectivity index (χ0v) is 21.1. The van der Waals surface area contributed by atoms with E-state index in [-0.39, 0.29) is 24.8 Å². The maximum absolute atomic E-state index is 13.1. The summed E-state index contributed by atoms with van der Waals surface area (Å²) < 4.78 is 26.2. The van der Waals surface area contributed by atoms with Crippen LogP contribution >= 0.6 is 11.6 Å². The van der Waals surface area contributed by atoms with Gasteiger partial charge in [0.15, 0.2) is 0 Å². The quantitative estimate of drug-likeness (QED) is 0.516. The van der Waals surface area contributed by atoms with Gasteiger partial charge in [-0.05, 0) is 50.5 Å². The first-order valence-corrected chi connectivity index (χ1v) is 13.1. The van der Waals surface area contributed by atoms with Crippen molar-refractivity contribution in [1.29, 1.82) is 0 Å². The van der Waals surface area contributed by atoms with E-state index in [9.17, 15) is 18.0 Å². The van der Waals surface area contributed by atoms with Gasteiger partial charge < -0.3 is 10.2 Å². The lowest BCUT2D eigenvalue weighted by atomic mass is 10.1. The van der Waals surface area contributed by atoms with Gasteiger partial charge in [0, 0.05) is 31.1 Å². The highest BCUT2D eigenvalue weighted by Crippen LogP contribution is 2.28. The first-order valence-electron chi connectivity index (χ1n) is 10.9. The topological polar surface area (TPSA) is 86.8 Å². The van der Waals surface area contributed by atoms with Gasteiger partial charge in [-0.15, -0.1) is 0 Å². The zero-order chi connectivity index (χ0) is 24.6. The van der Waals surface area contributed by atoms with Gasteiger partial charge in [0.1, 0.15) is 6.04 Å². The molecular weight excluding hydrogens is 462 g/mol. The summed E-state index contributed by atoms with van der Waals surface area (Å²) in [4.78, 5) is 27.1. The first-order chi connectivity index (χ1) is 15.6. The number of carbonyl (C=O) groups excluding carboxylic acids is 2. The van der Waals surface area contributed by atoms with E-state index in [4.69, 9.17) is 11.6 Å². The first kappa shape index (κ1) is 26.7. The van der Waals surface area contributed by atoms with Crippen LogP contribution in [-0.2, 0) is 26.2 Å². The molecule has 1 N–H and O–H groups in total. The molecule has 2 rings (SSSR count). The lowest BCUT2D eigenvalue weighted by molar-refractivity contribution is -0.140. The second kappa shape index (κ2) is 12.0. The number of nitrogens with one attached hydrogen (secondary N) is 1. The Morgan fingerprint density at radius 2 is 1.76 bits per heavy atom. The number of nitrogens with zero attached hydrogens (tertiary/aromatic N) is 2. The van der Waals surface area contributed by atoms with E-state index in [1.807, 2.05) is 37.3 Å². The highest BCUT2D eigenvalue weighted by molar-refractivity contribution is 7.92. The second-order valence-electron chi connectivity index (χ2n) is 7.90. The van der Waals surface area contributed by atoms with Crippen LogP contribution < -0.4 is 9.62 Å². The molecule has 2 amide bonds. The molecule has 0 aromatic heterocycles. The number of halogens is 1. The fourth-order valence-corrected chi connectivity index (χ4v) is 4.72. The monoisotopic (exact) mass is 493 g/mol. The third-order valence-electron chi connectivity index (χ3n) is 5.37. The lowest BCUT2D eigenvalue weighted by Crippen LogP contribution is -2.47. The van der Waals surface area contributed by atoms with Crippen molar-refractivity contribution in [3.05, 3.63) is 64.7 Å². The van der Waals surface area contributed by atoms with Crippen LogP contribution in [0.5, 0.6) is 0 Å². The van der Waals surface area contributed by atoms with Crippen molar-refractivity contribution in [2.24, 2.45) is 0 Å². The van der Waals surface area contributed by atoms with Gasteiger partial charge in [0.25, 0.3) is 0 Å².